The fraction of sp³-hybridized carbons (Fsp3) is 0.286. The molecular formula is C21H25N3O3. The van der Waals surface area contributed by atoms with E-state index in [1.807, 2.05) is 45.0 Å². The van der Waals surface area contributed by atoms with Crippen LogP contribution >= 0.6 is 0 Å². The van der Waals surface area contributed by atoms with Crippen molar-refractivity contribution >= 4 is 23.4 Å². The van der Waals surface area contributed by atoms with Crippen LogP contribution < -0.4 is 16.0 Å². The number of carbonyl (C=O) groups is 3. The summed E-state index contributed by atoms with van der Waals surface area (Å²) in [6.45, 7) is 6.06. The molecule has 6 heteroatoms. The number of carbonyl (C=O) groups excluding carboxylic acids is 3. The minimum absolute atomic E-state index is 0.0580. The zero-order valence-electron chi connectivity index (χ0n) is 15.8. The fourth-order valence-electron chi connectivity index (χ4n) is 2.54. The molecule has 0 aliphatic heterocycles. The zero-order valence-corrected chi connectivity index (χ0v) is 15.8. The first-order valence-corrected chi connectivity index (χ1v) is 8.86. The first-order chi connectivity index (χ1) is 12.8. The van der Waals surface area contributed by atoms with Crippen LogP contribution in [0.5, 0.6) is 0 Å². The molecule has 0 radical (unpaired) electrons. The molecule has 0 aliphatic rings. The Hall–Kier alpha value is -3.15. The van der Waals surface area contributed by atoms with E-state index in [-0.39, 0.29) is 24.9 Å². The van der Waals surface area contributed by atoms with Crippen LogP contribution in [0.1, 0.15) is 30.5 Å². The van der Waals surface area contributed by atoms with Crippen LogP contribution in [-0.2, 0) is 27.3 Å². The molecule has 0 aromatic heterocycles. The van der Waals surface area contributed by atoms with Gasteiger partial charge in [0.1, 0.15) is 0 Å². The normalized spacial score (nSPS) is 10.4. The smallest absolute Gasteiger partial charge is 0.313 e. The van der Waals surface area contributed by atoms with Crippen LogP contribution in [0.15, 0.2) is 48.5 Å². The number of benzene rings is 2. The molecule has 0 heterocycles. The Morgan fingerprint density at radius 3 is 2.26 bits per heavy atom. The number of nitrogens with one attached hydrogen (secondary N) is 3. The molecule has 2 aromatic carbocycles. The maximum absolute atomic E-state index is 12.0. The number of rotatable bonds is 6. The molecule has 0 spiro atoms. The minimum atomic E-state index is -0.729. The van der Waals surface area contributed by atoms with Crippen LogP contribution in [0.2, 0.25) is 0 Å². The van der Waals surface area contributed by atoms with Crippen molar-refractivity contribution in [2.45, 2.75) is 39.8 Å². The Balaban J connectivity index is 1.84. The first kappa shape index (κ1) is 20.2. The molecule has 0 atom stereocenters. The molecular weight excluding hydrogens is 342 g/mol. The summed E-state index contributed by atoms with van der Waals surface area (Å²) in [5.41, 5.74) is 3.35. The van der Waals surface area contributed by atoms with E-state index in [4.69, 9.17) is 0 Å². The molecule has 2 aromatic rings. The topological polar surface area (TPSA) is 87.3 Å². The summed E-state index contributed by atoms with van der Waals surface area (Å²) in [6, 6.07) is 14.6. The van der Waals surface area contributed by atoms with Crippen LogP contribution in [0.25, 0.3) is 0 Å². The van der Waals surface area contributed by atoms with E-state index in [2.05, 4.69) is 16.0 Å². The van der Waals surface area contributed by atoms with E-state index >= 15 is 0 Å². The van der Waals surface area contributed by atoms with Crippen LogP contribution in [0.4, 0.5) is 5.69 Å². The van der Waals surface area contributed by atoms with Gasteiger partial charge in [-0.2, -0.15) is 0 Å². The molecule has 0 saturated carbocycles. The van der Waals surface area contributed by atoms with Gasteiger partial charge in [0.15, 0.2) is 0 Å². The van der Waals surface area contributed by atoms with Gasteiger partial charge in [-0.25, -0.2) is 0 Å². The lowest BCUT2D eigenvalue weighted by molar-refractivity contribution is -0.136. The van der Waals surface area contributed by atoms with Crippen molar-refractivity contribution in [3.05, 3.63) is 65.2 Å². The van der Waals surface area contributed by atoms with Crippen molar-refractivity contribution in [1.29, 1.82) is 0 Å². The maximum Gasteiger partial charge on any atom is 0.313 e. The average Bonchev–Trinajstić information content (AvgIpc) is 2.60. The summed E-state index contributed by atoms with van der Waals surface area (Å²) in [5.74, 6) is -1.48. The first-order valence-electron chi connectivity index (χ1n) is 8.86. The van der Waals surface area contributed by atoms with Crippen LogP contribution in [0, 0.1) is 6.92 Å². The maximum atomic E-state index is 12.0. The number of aryl methyl sites for hydroxylation is 1. The van der Waals surface area contributed by atoms with E-state index in [9.17, 15) is 14.4 Å². The lowest BCUT2D eigenvalue weighted by atomic mass is 10.1. The molecule has 0 bridgehead atoms. The molecule has 142 valence electrons. The minimum Gasteiger partial charge on any atom is -0.354 e. The van der Waals surface area contributed by atoms with Gasteiger partial charge in [-0.05, 0) is 44.0 Å². The van der Waals surface area contributed by atoms with Crippen molar-refractivity contribution in [3.8, 4) is 0 Å². The molecule has 3 N–H and O–H groups in total. The number of amides is 3. The SMILES string of the molecule is Cc1cccc(CNC(=O)C(=O)Nc2ccc(CC(=O)NC(C)C)cc2)c1. The summed E-state index contributed by atoms with van der Waals surface area (Å²) in [7, 11) is 0. The van der Waals surface area contributed by atoms with E-state index in [1.165, 1.54) is 0 Å². The number of hydrogen-bond acceptors (Lipinski definition) is 3. The third-order valence-electron chi connectivity index (χ3n) is 3.77. The molecule has 0 fully saturated rings. The second kappa shape index (κ2) is 9.52. The van der Waals surface area contributed by atoms with Gasteiger partial charge in [-0.3, -0.25) is 14.4 Å². The molecule has 0 unspecified atom stereocenters. The summed E-state index contributed by atoms with van der Waals surface area (Å²) in [4.78, 5) is 35.7. The van der Waals surface area contributed by atoms with Gasteiger partial charge in [0, 0.05) is 18.3 Å². The molecule has 27 heavy (non-hydrogen) atoms. The predicted octanol–water partition coefficient (Wildman–Crippen LogP) is 2.32. The Morgan fingerprint density at radius 2 is 1.63 bits per heavy atom. The predicted molar refractivity (Wildman–Crippen MR) is 105 cm³/mol. The van der Waals surface area contributed by atoms with E-state index < -0.39 is 11.8 Å². The largest absolute Gasteiger partial charge is 0.354 e. The summed E-state index contributed by atoms with van der Waals surface area (Å²) < 4.78 is 0. The molecule has 6 nitrogen and oxygen atoms in total. The lowest BCUT2D eigenvalue weighted by Gasteiger charge is -2.09. The average molecular weight is 367 g/mol. The highest BCUT2D eigenvalue weighted by Crippen LogP contribution is 2.10. The third kappa shape index (κ3) is 6.93. The molecule has 0 aliphatic carbocycles. The van der Waals surface area contributed by atoms with Crippen molar-refractivity contribution in [2.24, 2.45) is 0 Å². The Labute approximate surface area is 159 Å². The van der Waals surface area contributed by atoms with Crippen LogP contribution in [0.3, 0.4) is 0 Å². The van der Waals surface area contributed by atoms with Gasteiger partial charge in [-0.15, -0.1) is 0 Å². The van der Waals surface area contributed by atoms with Crippen molar-refractivity contribution < 1.29 is 14.4 Å². The fourth-order valence-corrected chi connectivity index (χ4v) is 2.54. The highest BCUT2D eigenvalue weighted by atomic mass is 16.2. The summed E-state index contributed by atoms with van der Waals surface area (Å²) in [5, 5.41) is 7.97. The van der Waals surface area contributed by atoms with Gasteiger partial charge < -0.3 is 16.0 Å². The van der Waals surface area contributed by atoms with E-state index in [0.717, 1.165) is 16.7 Å². The van der Waals surface area contributed by atoms with Gasteiger partial charge in [0.05, 0.1) is 6.42 Å². The summed E-state index contributed by atoms with van der Waals surface area (Å²) in [6.07, 6.45) is 0.267. The second-order valence-corrected chi connectivity index (χ2v) is 6.72. The Bertz CT molecular complexity index is 814. The van der Waals surface area contributed by atoms with Gasteiger partial charge >= 0.3 is 11.8 Å². The molecule has 3 amide bonds. The number of hydrogen-bond donors (Lipinski definition) is 3. The van der Waals surface area contributed by atoms with Crippen molar-refractivity contribution in [2.75, 3.05) is 5.32 Å². The second-order valence-electron chi connectivity index (χ2n) is 6.72. The number of anilines is 1. The Morgan fingerprint density at radius 1 is 0.926 bits per heavy atom. The van der Waals surface area contributed by atoms with Gasteiger partial charge in [-0.1, -0.05) is 42.0 Å². The van der Waals surface area contributed by atoms with Crippen molar-refractivity contribution in [1.82, 2.24) is 10.6 Å². The molecule has 0 saturated heterocycles. The quantitative estimate of drug-likeness (QED) is 0.685. The van der Waals surface area contributed by atoms with Crippen LogP contribution in [-0.4, -0.2) is 23.8 Å². The van der Waals surface area contributed by atoms with E-state index in [0.29, 0.717) is 5.69 Å². The molecule has 2 rings (SSSR count). The standard InChI is InChI=1S/C21H25N3O3/c1-14(2)23-19(25)12-16-7-9-18(10-8-16)24-21(27)20(26)22-13-17-6-4-5-15(3)11-17/h4-11,14H,12-13H2,1-3H3,(H,22,26)(H,23,25)(H,24,27). The third-order valence-corrected chi connectivity index (χ3v) is 3.77. The van der Waals surface area contributed by atoms with Gasteiger partial charge in [0.2, 0.25) is 5.91 Å². The zero-order chi connectivity index (χ0) is 19.8. The Kier molecular flexibility index (Phi) is 7.11. The lowest BCUT2D eigenvalue weighted by Crippen LogP contribution is -2.35. The monoisotopic (exact) mass is 367 g/mol. The van der Waals surface area contributed by atoms with Gasteiger partial charge in [0.25, 0.3) is 0 Å². The highest BCUT2D eigenvalue weighted by Gasteiger charge is 2.13. The van der Waals surface area contributed by atoms with Crippen molar-refractivity contribution in [3.63, 3.8) is 0 Å². The summed E-state index contributed by atoms with van der Waals surface area (Å²) >= 11 is 0. The van der Waals surface area contributed by atoms with E-state index in [1.54, 1.807) is 24.3 Å². The highest BCUT2D eigenvalue weighted by molar-refractivity contribution is 6.39.